The predicted octanol–water partition coefficient (Wildman–Crippen LogP) is -0.506. The molecule has 0 aromatic heterocycles. The lowest BCUT2D eigenvalue weighted by Gasteiger charge is -2.44. The first-order chi connectivity index (χ1) is 12.1. The average molecular weight is 376 g/mol. The fraction of sp³-hybridized carbons (Fsp3) is 0.750. The number of carbonyl (C=O) groups is 4. The van der Waals surface area contributed by atoms with Gasteiger partial charge < -0.3 is 28.8 Å². The highest BCUT2D eigenvalue weighted by Crippen LogP contribution is 2.30. The van der Waals surface area contributed by atoms with Gasteiger partial charge in [-0.1, -0.05) is 0 Å². The normalized spacial score (nSPS) is 28.0. The number of esters is 4. The van der Waals surface area contributed by atoms with Crippen molar-refractivity contribution in [2.75, 3.05) is 13.2 Å². The number of aliphatic hydroxyl groups is 1. The number of carbonyl (C=O) groups excluding carboxylic acids is 4. The molecule has 0 amide bonds. The molecule has 1 saturated heterocycles. The van der Waals surface area contributed by atoms with Gasteiger partial charge in [0.25, 0.3) is 0 Å². The van der Waals surface area contributed by atoms with Crippen molar-refractivity contribution in [3.63, 3.8) is 0 Å². The maximum atomic E-state index is 11.5. The summed E-state index contributed by atoms with van der Waals surface area (Å²) in [5, 5.41) is 9.26. The smallest absolute Gasteiger partial charge is 0.303 e. The molecule has 1 aliphatic heterocycles. The molecule has 1 heterocycles. The van der Waals surface area contributed by atoms with Gasteiger partial charge in [-0.25, -0.2) is 0 Å². The van der Waals surface area contributed by atoms with Crippen LogP contribution in [0.4, 0.5) is 0 Å². The average Bonchev–Trinajstić information content (AvgIpc) is 2.50. The van der Waals surface area contributed by atoms with E-state index in [2.05, 4.69) is 0 Å². The fourth-order valence-corrected chi connectivity index (χ4v) is 2.68. The molecule has 10 heteroatoms. The Hall–Kier alpha value is -2.20. The van der Waals surface area contributed by atoms with Crippen LogP contribution in [0.3, 0.4) is 0 Å². The highest BCUT2D eigenvalue weighted by atomic mass is 16.7. The second-order valence-electron chi connectivity index (χ2n) is 5.75. The van der Waals surface area contributed by atoms with Gasteiger partial charge in [-0.15, -0.1) is 0 Å². The van der Waals surface area contributed by atoms with E-state index in [1.807, 2.05) is 0 Å². The predicted molar refractivity (Wildman–Crippen MR) is 83.7 cm³/mol. The van der Waals surface area contributed by atoms with E-state index >= 15 is 0 Å². The van der Waals surface area contributed by atoms with Crippen LogP contribution in [-0.2, 0) is 42.9 Å². The van der Waals surface area contributed by atoms with E-state index in [1.54, 1.807) is 0 Å². The summed E-state index contributed by atoms with van der Waals surface area (Å²) in [7, 11) is 0. The Balaban J connectivity index is 3.22. The maximum Gasteiger partial charge on any atom is 0.303 e. The summed E-state index contributed by atoms with van der Waals surface area (Å²) in [6, 6.07) is 0. The summed E-state index contributed by atoms with van der Waals surface area (Å²) >= 11 is 0. The Labute approximate surface area is 150 Å². The summed E-state index contributed by atoms with van der Waals surface area (Å²) in [4.78, 5) is 45.6. The number of hydrogen-bond donors (Lipinski definition) is 1. The minimum absolute atomic E-state index is 0.0546. The van der Waals surface area contributed by atoms with Crippen LogP contribution in [-0.4, -0.2) is 72.7 Å². The number of rotatable bonds is 7. The van der Waals surface area contributed by atoms with E-state index in [1.165, 1.54) is 6.92 Å². The zero-order chi connectivity index (χ0) is 19.9. The molecule has 0 bridgehead atoms. The SMILES string of the molecule is CC(=O)OC[C@H]1O[C@H](CCO)[C@@H](OC(C)=O)[C@@H](OC(C)=O)[C@@H]1OC(C)=O. The van der Waals surface area contributed by atoms with Crippen LogP contribution in [0.5, 0.6) is 0 Å². The van der Waals surface area contributed by atoms with Gasteiger partial charge in [-0.05, 0) is 0 Å². The van der Waals surface area contributed by atoms with Crippen molar-refractivity contribution in [2.45, 2.75) is 64.6 Å². The molecular weight excluding hydrogens is 352 g/mol. The second kappa shape index (κ2) is 10.1. The lowest BCUT2D eigenvalue weighted by molar-refractivity contribution is -0.254. The van der Waals surface area contributed by atoms with Crippen molar-refractivity contribution in [3.8, 4) is 0 Å². The van der Waals surface area contributed by atoms with Gasteiger partial charge in [0.2, 0.25) is 0 Å². The van der Waals surface area contributed by atoms with E-state index in [4.69, 9.17) is 23.7 Å². The molecule has 1 N–H and O–H groups in total. The lowest BCUT2D eigenvalue weighted by Crippen LogP contribution is -2.62. The van der Waals surface area contributed by atoms with Gasteiger partial charge >= 0.3 is 23.9 Å². The molecule has 1 rings (SSSR count). The highest BCUT2D eigenvalue weighted by Gasteiger charge is 2.51. The third kappa shape index (κ3) is 6.60. The van der Waals surface area contributed by atoms with Crippen molar-refractivity contribution < 1.29 is 48.0 Å². The summed E-state index contributed by atoms with van der Waals surface area (Å²) in [5.41, 5.74) is 0. The summed E-state index contributed by atoms with van der Waals surface area (Å²) in [6.45, 7) is 4.07. The monoisotopic (exact) mass is 376 g/mol. The number of aliphatic hydroxyl groups excluding tert-OH is 1. The van der Waals surface area contributed by atoms with Crippen LogP contribution in [0.1, 0.15) is 34.1 Å². The van der Waals surface area contributed by atoms with Gasteiger partial charge in [0.05, 0.1) is 0 Å². The number of ether oxygens (including phenoxy) is 5. The molecule has 5 atom stereocenters. The molecule has 0 saturated carbocycles. The van der Waals surface area contributed by atoms with Crippen LogP contribution >= 0.6 is 0 Å². The van der Waals surface area contributed by atoms with E-state index in [-0.39, 0.29) is 19.6 Å². The first kappa shape index (κ1) is 21.8. The zero-order valence-electron chi connectivity index (χ0n) is 15.1. The Bertz CT molecular complexity index is 531. The van der Waals surface area contributed by atoms with E-state index < -0.39 is 54.4 Å². The summed E-state index contributed by atoms with van der Waals surface area (Å²) in [5.74, 6) is -2.63. The van der Waals surface area contributed by atoms with Crippen LogP contribution in [0.15, 0.2) is 0 Å². The molecular formula is C16H24O10. The molecule has 26 heavy (non-hydrogen) atoms. The Morgan fingerprint density at radius 2 is 1.23 bits per heavy atom. The minimum atomic E-state index is -1.19. The second-order valence-corrected chi connectivity index (χ2v) is 5.75. The largest absolute Gasteiger partial charge is 0.463 e. The van der Waals surface area contributed by atoms with Gasteiger partial charge in [-0.3, -0.25) is 19.2 Å². The van der Waals surface area contributed by atoms with Gasteiger partial charge in [0.15, 0.2) is 18.3 Å². The van der Waals surface area contributed by atoms with Gasteiger partial charge in [-0.2, -0.15) is 0 Å². The molecule has 1 aliphatic rings. The van der Waals surface area contributed by atoms with Gasteiger partial charge in [0.1, 0.15) is 18.8 Å². The summed E-state index contributed by atoms with van der Waals surface area (Å²) < 4.78 is 26.3. The molecule has 0 radical (unpaired) electrons. The fourth-order valence-electron chi connectivity index (χ4n) is 2.68. The summed E-state index contributed by atoms with van der Waals surface area (Å²) in [6.07, 6.45) is -5.25. The molecule has 0 aromatic rings. The third-order valence-corrected chi connectivity index (χ3v) is 3.50. The lowest BCUT2D eigenvalue weighted by atomic mass is 9.92. The van der Waals surface area contributed by atoms with Crippen LogP contribution in [0, 0.1) is 0 Å². The van der Waals surface area contributed by atoms with Gasteiger partial charge in [0, 0.05) is 40.7 Å². The van der Waals surface area contributed by atoms with Crippen LogP contribution in [0.25, 0.3) is 0 Å². The first-order valence-electron chi connectivity index (χ1n) is 8.07. The maximum absolute atomic E-state index is 11.5. The van der Waals surface area contributed by atoms with Crippen molar-refractivity contribution in [1.82, 2.24) is 0 Å². The minimum Gasteiger partial charge on any atom is -0.463 e. The molecule has 10 nitrogen and oxygen atoms in total. The molecule has 148 valence electrons. The van der Waals surface area contributed by atoms with Crippen LogP contribution in [0.2, 0.25) is 0 Å². The van der Waals surface area contributed by atoms with Crippen molar-refractivity contribution in [2.24, 2.45) is 0 Å². The quantitative estimate of drug-likeness (QED) is 0.457. The van der Waals surface area contributed by atoms with Crippen LogP contribution < -0.4 is 0 Å². The number of hydrogen-bond acceptors (Lipinski definition) is 10. The van der Waals surface area contributed by atoms with E-state index in [0.717, 1.165) is 20.8 Å². The Morgan fingerprint density at radius 1 is 0.769 bits per heavy atom. The Morgan fingerprint density at radius 3 is 1.65 bits per heavy atom. The molecule has 0 aromatic carbocycles. The van der Waals surface area contributed by atoms with Crippen molar-refractivity contribution >= 4 is 23.9 Å². The zero-order valence-corrected chi connectivity index (χ0v) is 15.1. The molecule has 0 unspecified atom stereocenters. The van der Waals surface area contributed by atoms with Crippen molar-refractivity contribution in [3.05, 3.63) is 0 Å². The molecule has 0 spiro atoms. The van der Waals surface area contributed by atoms with E-state index in [9.17, 15) is 24.3 Å². The van der Waals surface area contributed by atoms with E-state index in [0.29, 0.717) is 0 Å². The molecule has 1 fully saturated rings. The standard InChI is InChI=1S/C16H24O10/c1-8(18)22-7-13-15(24-10(3)20)16(25-11(4)21)14(23-9(2)19)12(26-13)5-6-17/h12-17H,5-7H2,1-4H3/t12-,13-,14-,15-,16-/m1/s1. The highest BCUT2D eigenvalue weighted by molar-refractivity contribution is 5.68. The third-order valence-electron chi connectivity index (χ3n) is 3.50. The topological polar surface area (TPSA) is 135 Å². The Kier molecular flexibility index (Phi) is 8.46. The molecule has 0 aliphatic carbocycles. The first-order valence-corrected chi connectivity index (χ1v) is 8.07. The van der Waals surface area contributed by atoms with Crippen molar-refractivity contribution in [1.29, 1.82) is 0 Å².